The van der Waals surface area contributed by atoms with E-state index in [0.717, 1.165) is 12.0 Å². The van der Waals surface area contributed by atoms with Crippen LogP contribution in [-0.4, -0.2) is 12.0 Å². The van der Waals surface area contributed by atoms with Crippen LogP contribution in [0.1, 0.15) is 12.8 Å². The van der Waals surface area contributed by atoms with Crippen LogP contribution < -0.4 is 0 Å². The molecule has 0 aromatic heterocycles. The molecule has 0 unspecified atom stereocenters. The highest BCUT2D eigenvalue weighted by molar-refractivity contribution is 5.93. The van der Waals surface area contributed by atoms with Crippen LogP contribution in [0.4, 0.5) is 0 Å². The summed E-state index contributed by atoms with van der Waals surface area (Å²) < 4.78 is 0. The summed E-state index contributed by atoms with van der Waals surface area (Å²) in [6.45, 7) is 0. The first-order valence-electron chi connectivity index (χ1n) is 3.51. The summed E-state index contributed by atoms with van der Waals surface area (Å²) >= 11 is 0. The van der Waals surface area contributed by atoms with Crippen molar-refractivity contribution in [1.82, 2.24) is 0 Å². The van der Waals surface area contributed by atoms with Crippen molar-refractivity contribution >= 4 is 12.0 Å². The second kappa shape index (κ2) is 2.34. The second-order valence-electron chi connectivity index (χ2n) is 2.51. The third kappa shape index (κ3) is 1.09. The lowest BCUT2D eigenvalue weighted by molar-refractivity contribution is -0.115. The van der Waals surface area contributed by atoms with Gasteiger partial charge in [0, 0.05) is 12.5 Å². The number of carbonyl (C=O) groups excluding carboxylic acids is 1. The van der Waals surface area contributed by atoms with Crippen LogP contribution >= 0.6 is 0 Å². The van der Waals surface area contributed by atoms with Gasteiger partial charge in [0.25, 0.3) is 0 Å². The third-order valence-electron chi connectivity index (χ3n) is 1.74. The van der Waals surface area contributed by atoms with E-state index in [2.05, 4.69) is 5.16 Å². The Morgan fingerprint density at radius 2 is 2.36 bits per heavy atom. The zero-order valence-corrected chi connectivity index (χ0v) is 5.91. The minimum Gasteiger partial charge on any atom is -0.357 e. The normalized spacial score (nSPS) is 21.6. The Bertz CT molecular complexity index is 286. The molecular weight excluding hydrogens is 142 g/mol. The number of fused-ring (bicyclic) bond motifs is 1. The number of rotatable bonds is 0. The Labute approximate surface area is 64.0 Å². The van der Waals surface area contributed by atoms with Gasteiger partial charge < -0.3 is 4.84 Å². The molecule has 2 aliphatic rings. The fraction of sp³-hybridized carbons (Fsp3) is 0.250. The lowest BCUT2D eigenvalue weighted by Gasteiger charge is -2.15. The first kappa shape index (κ1) is 6.34. The standard InChI is InChI=1S/C8H7NO2/c10-7-2-1-6-3-4-9-11-8(6)5-7/h3-5H,1-2H2. The predicted octanol–water partition coefficient (Wildman–Crippen LogP) is 1.18. The molecule has 0 aromatic rings. The van der Waals surface area contributed by atoms with Gasteiger partial charge in [-0.2, -0.15) is 0 Å². The van der Waals surface area contributed by atoms with E-state index >= 15 is 0 Å². The maximum atomic E-state index is 10.9. The van der Waals surface area contributed by atoms with Crippen molar-refractivity contribution in [2.24, 2.45) is 5.16 Å². The number of ketones is 1. The van der Waals surface area contributed by atoms with E-state index in [1.807, 2.05) is 6.08 Å². The third-order valence-corrected chi connectivity index (χ3v) is 1.74. The maximum Gasteiger partial charge on any atom is 0.164 e. The van der Waals surface area contributed by atoms with Gasteiger partial charge in [0.15, 0.2) is 11.5 Å². The van der Waals surface area contributed by atoms with Crippen LogP contribution in [-0.2, 0) is 9.63 Å². The number of hydrogen-bond donors (Lipinski definition) is 0. The highest BCUT2D eigenvalue weighted by Gasteiger charge is 2.17. The Morgan fingerprint density at radius 3 is 3.27 bits per heavy atom. The lowest BCUT2D eigenvalue weighted by atomic mass is 9.99. The second-order valence-corrected chi connectivity index (χ2v) is 2.51. The molecule has 0 amide bonds. The average molecular weight is 149 g/mol. The zero-order chi connectivity index (χ0) is 7.68. The van der Waals surface area contributed by atoms with E-state index in [1.54, 1.807) is 6.21 Å². The minimum absolute atomic E-state index is 0.120. The summed E-state index contributed by atoms with van der Waals surface area (Å²) in [7, 11) is 0. The zero-order valence-electron chi connectivity index (χ0n) is 5.91. The predicted molar refractivity (Wildman–Crippen MR) is 40.0 cm³/mol. The molecule has 1 aliphatic heterocycles. The van der Waals surface area contributed by atoms with Gasteiger partial charge in [0.05, 0.1) is 6.21 Å². The molecule has 3 heteroatoms. The summed E-state index contributed by atoms with van der Waals surface area (Å²) in [5.74, 6) is 0.734. The lowest BCUT2D eigenvalue weighted by Crippen LogP contribution is -2.08. The fourth-order valence-electron chi connectivity index (χ4n) is 1.15. The number of carbonyl (C=O) groups is 1. The molecule has 0 spiro atoms. The summed E-state index contributed by atoms with van der Waals surface area (Å²) in [5, 5.41) is 3.57. The van der Waals surface area contributed by atoms with Gasteiger partial charge in [0.1, 0.15) is 0 Å². The first-order valence-corrected chi connectivity index (χ1v) is 3.51. The average Bonchev–Trinajstić information content (AvgIpc) is 2.04. The van der Waals surface area contributed by atoms with Crippen LogP contribution in [0, 0.1) is 0 Å². The molecule has 0 saturated heterocycles. The number of allylic oxidation sites excluding steroid dienone is 3. The SMILES string of the molecule is O=C1C=C2ON=CC=C2CC1. The molecule has 1 aliphatic carbocycles. The summed E-state index contributed by atoms with van der Waals surface area (Å²) in [6.07, 6.45) is 6.35. The topological polar surface area (TPSA) is 38.7 Å². The van der Waals surface area contributed by atoms with E-state index in [4.69, 9.17) is 4.84 Å². The van der Waals surface area contributed by atoms with Gasteiger partial charge >= 0.3 is 0 Å². The molecule has 0 radical (unpaired) electrons. The minimum atomic E-state index is 0.120. The molecule has 0 fully saturated rings. The quantitative estimate of drug-likeness (QED) is 0.518. The van der Waals surface area contributed by atoms with Crippen LogP contribution in [0.15, 0.2) is 28.6 Å². The van der Waals surface area contributed by atoms with Crippen molar-refractivity contribution in [1.29, 1.82) is 0 Å². The van der Waals surface area contributed by atoms with Gasteiger partial charge in [-0.15, -0.1) is 0 Å². The number of hydrogen-bond acceptors (Lipinski definition) is 3. The van der Waals surface area contributed by atoms with E-state index in [1.165, 1.54) is 6.08 Å². The molecule has 0 saturated carbocycles. The van der Waals surface area contributed by atoms with Crippen molar-refractivity contribution in [3.63, 3.8) is 0 Å². The summed E-state index contributed by atoms with van der Waals surface area (Å²) in [4.78, 5) is 15.8. The van der Waals surface area contributed by atoms with Crippen LogP contribution in [0.2, 0.25) is 0 Å². The van der Waals surface area contributed by atoms with Gasteiger partial charge in [-0.3, -0.25) is 4.79 Å². The number of nitrogens with zero attached hydrogens (tertiary/aromatic N) is 1. The first-order chi connectivity index (χ1) is 5.36. The Morgan fingerprint density at radius 1 is 1.45 bits per heavy atom. The van der Waals surface area contributed by atoms with Crippen molar-refractivity contribution in [2.75, 3.05) is 0 Å². The van der Waals surface area contributed by atoms with Gasteiger partial charge in [-0.25, -0.2) is 0 Å². The van der Waals surface area contributed by atoms with Gasteiger partial charge in [-0.1, -0.05) is 5.16 Å². The highest BCUT2D eigenvalue weighted by atomic mass is 16.6. The molecule has 1 heterocycles. The van der Waals surface area contributed by atoms with Gasteiger partial charge in [-0.05, 0) is 18.1 Å². The molecular formula is C8H7NO2. The molecule has 2 rings (SSSR count). The molecule has 0 atom stereocenters. The maximum absolute atomic E-state index is 10.9. The van der Waals surface area contributed by atoms with Crippen LogP contribution in [0.25, 0.3) is 0 Å². The largest absolute Gasteiger partial charge is 0.357 e. The molecule has 0 N–H and O–H groups in total. The Hall–Kier alpha value is -1.38. The Kier molecular flexibility index (Phi) is 1.35. The monoisotopic (exact) mass is 149 g/mol. The van der Waals surface area contributed by atoms with Crippen molar-refractivity contribution in [2.45, 2.75) is 12.8 Å². The van der Waals surface area contributed by atoms with Gasteiger partial charge in [0.2, 0.25) is 0 Å². The van der Waals surface area contributed by atoms with E-state index in [-0.39, 0.29) is 5.78 Å². The van der Waals surface area contributed by atoms with E-state index < -0.39 is 0 Å². The highest BCUT2D eigenvalue weighted by Crippen LogP contribution is 2.24. The molecule has 11 heavy (non-hydrogen) atoms. The number of oxime groups is 1. The Balaban J connectivity index is 2.37. The van der Waals surface area contributed by atoms with Crippen molar-refractivity contribution in [3.8, 4) is 0 Å². The molecule has 56 valence electrons. The van der Waals surface area contributed by atoms with Crippen molar-refractivity contribution < 1.29 is 9.63 Å². The summed E-state index contributed by atoms with van der Waals surface area (Å²) in [6, 6.07) is 0. The van der Waals surface area contributed by atoms with E-state index in [9.17, 15) is 4.79 Å². The van der Waals surface area contributed by atoms with Crippen LogP contribution in [0.3, 0.4) is 0 Å². The summed E-state index contributed by atoms with van der Waals surface area (Å²) in [5.41, 5.74) is 1.07. The molecule has 0 aromatic carbocycles. The van der Waals surface area contributed by atoms with Crippen LogP contribution in [0.5, 0.6) is 0 Å². The molecule has 3 nitrogen and oxygen atoms in total. The molecule has 0 bridgehead atoms. The van der Waals surface area contributed by atoms with Crippen molar-refractivity contribution in [3.05, 3.63) is 23.5 Å². The fourth-order valence-corrected chi connectivity index (χ4v) is 1.15. The smallest absolute Gasteiger partial charge is 0.164 e. The van der Waals surface area contributed by atoms with E-state index in [0.29, 0.717) is 12.2 Å².